The van der Waals surface area contributed by atoms with Gasteiger partial charge in [0, 0.05) is 5.25 Å². The molecule has 0 heterocycles. The van der Waals surface area contributed by atoms with Crippen LogP contribution < -0.4 is 29.6 Å². The third-order valence-electron chi connectivity index (χ3n) is 5.24. The molecule has 0 radical (unpaired) electrons. The number of unbranched alkanes of at least 4 members (excludes halogenated alkanes) is 10. The minimum atomic E-state index is -4.15. The van der Waals surface area contributed by atoms with Crippen LogP contribution in [0.25, 0.3) is 0 Å². The quantitative estimate of drug-likeness (QED) is 0.200. The molecule has 0 rings (SSSR count). The minimum Gasteiger partial charge on any atom is -0.748 e. The summed E-state index contributed by atoms with van der Waals surface area (Å²) < 4.78 is 34.2. The Morgan fingerprint density at radius 3 is 1.48 bits per heavy atom. The van der Waals surface area contributed by atoms with Crippen LogP contribution in [0, 0.1) is 0 Å². The molecule has 0 amide bonds. The van der Waals surface area contributed by atoms with Gasteiger partial charge in [-0.15, -0.1) is 0 Å². The molecule has 2 atom stereocenters. The fourth-order valence-corrected chi connectivity index (χ4v) is 4.36. The van der Waals surface area contributed by atoms with Gasteiger partial charge in [0.2, 0.25) is 0 Å². The van der Waals surface area contributed by atoms with Crippen LogP contribution in [0.3, 0.4) is 0 Å². The predicted molar refractivity (Wildman–Crippen MR) is 109 cm³/mol. The molecule has 0 fully saturated rings. The molecule has 0 aliphatic rings. The molecule has 6 heteroatoms. The summed E-state index contributed by atoms with van der Waals surface area (Å²) in [6.07, 6.45) is 16.6. The van der Waals surface area contributed by atoms with Gasteiger partial charge in [0.1, 0.15) is 0 Å². The SMILES string of the molecule is CCCCCCCC(CCCCCCCCC(O)CCCC)S(=O)(=O)[O-].[Na+]. The molecule has 0 saturated carbocycles. The first-order valence-electron chi connectivity index (χ1n) is 11.0. The molecule has 158 valence electrons. The smallest absolute Gasteiger partial charge is 0.748 e. The summed E-state index contributed by atoms with van der Waals surface area (Å²) in [5.74, 6) is 0. The Morgan fingerprint density at radius 2 is 1.04 bits per heavy atom. The molecule has 0 bridgehead atoms. The molecule has 0 saturated heterocycles. The topological polar surface area (TPSA) is 77.4 Å². The predicted octanol–water partition coefficient (Wildman–Crippen LogP) is 2.94. The molecule has 4 nitrogen and oxygen atoms in total. The molecule has 0 aliphatic heterocycles. The van der Waals surface area contributed by atoms with Gasteiger partial charge in [-0.3, -0.25) is 0 Å². The number of hydrogen-bond acceptors (Lipinski definition) is 4. The maximum absolute atomic E-state index is 11.4. The van der Waals surface area contributed by atoms with E-state index in [1.165, 1.54) is 12.8 Å². The van der Waals surface area contributed by atoms with Crippen LogP contribution in [0.1, 0.15) is 123 Å². The first-order chi connectivity index (χ1) is 12.4. The van der Waals surface area contributed by atoms with Crippen LogP contribution in [-0.2, 0) is 10.1 Å². The minimum absolute atomic E-state index is 0. The van der Waals surface area contributed by atoms with Crippen molar-refractivity contribution in [2.45, 2.75) is 134 Å². The normalized spacial score (nSPS) is 13.9. The van der Waals surface area contributed by atoms with Gasteiger partial charge in [-0.25, -0.2) is 8.42 Å². The summed E-state index contributed by atoms with van der Waals surface area (Å²) in [5.41, 5.74) is 0. The summed E-state index contributed by atoms with van der Waals surface area (Å²) in [6.45, 7) is 4.29. The van der Waals surface area contributed by atoms with Gasteiger partial charge >= 0.3 is 29.6 Å². The van der Waals surface area contributed by atoms with Gasteiger partial charge in [0.25, 0.3) is 0 Å². The van der Waals surface area contributed by atoms with E-state index < -0.39 is 15.4 Å². The van der Waals surface area contributed by atoms with Crippen molar-refractivity contribution in [3.63, 3.8) is 0 Å². The summed E-state index contributed by atoms with van der Waals surface area (Å²) >= 11 is 0. The monoisotopic (exact) mass is 414 g/mol. The van der Waals surface area contributed by atoms with Crippen LogP contribution in [0.4, 0.5) is 0 Å². The third kappa shape index (κ3) is 19.9. The van der Waals surface area contributed by atoms with Crippen molar-refractivity contribution in [2.75, 3.05) is 0 Å². The van der Waals surface area contributed by atoms with E-state index in [0.717, 1.165) is 83.5 Å². The van der Waals surface area contributed by atoms with Gasteiger partial charge in [-0.2, -0.15) is 0 Å². The maximum atomic E-state index is 11.4. The van der Waals surface area contributed by atoms with Crippen LogP contribution in [0.15, 0.2) is 0 Å². The summed E-state index contributed by atoms with van der Waals surface area (Å²) in [6, 6.07) is 0. The molecule has 2 unspecified atom stereocenters. The van der Waals surface area contributed by atoms with Crippen molar-refractivity contribution < 1.29 is 47.6 Å². The van der Waals surface area contributed by atoms with Crippen molar-refractivity contribution in [1.82, 2.24) is 0 Å². The molecule has 0 aromatic carbocycles. The first-order valence-corrected chi connectivity index (χ1v) is 12.5. The summed E-state index contributed by atoms with van der Waals surface area (Å²) in [7, 11) is -4.15. The average Bonchev–Trinajstić information content (AvgIpc) is 2.59. The van der Waals surface area contributed by atoms with Gasteiger partial charge in [-0.1, -0.05) is 97.3 Å². The summed E-state index contributed by atoms with van der Waals surface area (Å²) in [5, 5.41) is 9.11. The first kappa shape index (κ1) is 30.1. The van der Waals surface area contributed by atoms with Crippen molar-refractivity contribution in [1.29, 1.82) is 0 Å². The van der Waals surface area contributed by atoms with Crippen molar-refractivity contribution in [3.8, 4) is 0 Å². The number of hydrogen-bond donors (Lipinski definition) is 1. The molecular formula is C21H43NaO4S. The van der Waals surface area contributed by atoms with Gasteiger partial charge in [-0.05, 0) is 25.7 Å². The molecule has 0 aliphatic carbocycles. The van der Waals surface area contributed by atoms with E-state index in [0.29, 0.717) is 12.8 Å². The Labute approximate surface area is 191 Å². The van der Waals surface area contributed by atoms with Gasteiger partial charge in [0.05, 0.1) is 16.2 Å². The molecule has 1 N–H and O–H groups in total. The number of aliphatic hydroxyl groups excluding tert-OH is 1. The Bertz CT molecular complexity index is 401. The van der Waals surface area contributed by atoms with E-state index in [4.69, 9.17) is 0 Å². The zero-order chi connectivity index (χ0) is 19.7. The molecule has 27 heavy (non-hydrogen) atoms. The Kier molecular flexibility index (Phi) is 22.4. The number of rotatable bonds is 19. The standard InChI is InChI=1S/C21H44O4S.Na/c1-3-5-7-10-14-18-21(26(23,24)25)19-15-12-9-8-11-13-17-20(22)16-6-4-2;/h20-22H,3-19H2,1-2H3,(H,23,24,25);/q;+1/p-1. The van der Waals surface area contributed by atoms with Gasteiger partial charge < -0.3 is 9.66 Å². The largest absolute Gasteiger partial charge is 1.00 e. The zero-order valence-corrected chi connectivity index (χ0v) is 21.1. The van der Waals surface area contributed by atoms with Gasteiger partial charge in [0.15, 0.2) is 0 Å². The fourth-order valence-electron chi connectivity index (χ4n) is 3.45. The van der Waals surface area contributed by atoms with Crippen LogP contribution in [0.2, 0.25) is 0 Å². The second-order valence-corrected chi connectivity index (χ2v) is 9.46. The fraction of sp³-hybridized carbons (Fsp3) is 1.00. The average molecular weight is 415 g/mol. The van der Waals surface area contributed by atoms with Crippen molar-refractivity contribution in [3.05, 3.63) is 0 Å². The number of aliphatic hydroxyl groups is 1. The Hall–Kier alpha value is 0.870. The second-order valence-electron chi connectivity index (χ2n) is 7.81. The molecule has 0 aromatic heterocycles. The Balaban J connectivity index is 0. The van der Waals surface area contributed by atoms with Crippen LogP contribution >= 0.6 is 0 Å². The molecule has 0 aromatic rings. The van der Waals surface area contributed by atoms with E-state index in [1.807, 2.05) is 0 Å². The third-order valence-corrected chi connectivity index (χ3v) is 6.53. The summed E-state index contributed by atoms with van der Waals surface area (Å²) in [4.78, 5) is 0. The maximum Gasteiger partial charge on any atom is 1.00 e. The zero-order valence-electron chi connectivity index (χ0n) is 18.3. The van der Waals surface area contributed by atoms with Crippen molar-refractivity contribution in [2.24, 2.45) is 0 Å². The van der Waals surface area contributed by atoms with E-state index >= 15 is 0 Å². The molecule has 0 spiro atoms. The van der Waals surface area contributed by atoms with E-state index in [-0.39, 0.29) is 35.7 Å². The van der Waals surface area contributed by atoms with E-state index in [9.17, 15) is 18.1 Å². The Morgan fingerprint density at radius 1 is 0.667 bits per heavy atom. The van der Waals surface area contributed by atoms with Crippen molar-refractivity contribution >= 4 is 10.1 Å². The second kappa shape index (κ2) is 20.2. The van der Waals surface area contributed by atoms with E-state index in [2.05, 4.69) is 13.8 Å². The molecular weight excluding hydrogens is 371 g/mol. The van der Waals surface area contributed by atoms with Crippen LogP contribution in [-0.4, -0.2) is 29.4 Å². The van der Waals surface area contributed by atoms with Crippen LogP contribution in [0.5, 0.6) is 0 Å². The van der Waals surface area contributed by atoms with E-state index in [1.54, 1.807) is 0 Å².